The molecule has 2 aliphatic rings. The quantitative estimate of drug-likeness (QED) is 0.569. The van der Waals surface area contributed by atoms with Crippen molar-refractivity contribution in [3.63, 3.8) is 0 Å². The van der Waals surface area contributed by atoms with Gasteiger partial charge in [0.25, 0.3) is 0 Å². The molecule has 0 radical (unpaired) electrons. The third-order valence-corrected chi connectivity index (χ3v) is 5.81. The molecule has 29 heavy (non-hydrogen) atoms. The smallest absolute Gasteiger partial charge is 0.321 e. The molecular formula is C22H22BrN3O3. The molecule has 7 heteroatoms. The molecule has 1 N–H and O–H groups in total. The lowest BCUT2D eigenvalue weighted by atomic mass is 9.91. The van der Waals surface area contributed by atoms with Crippen LogP contribution in [0.2, 0.25) is 0 Å². The summed E-state index contributed by atoms with van der Waals surface area (Å²) in [7, 11) is 0. The number of guanidine groups is 1. The van der Waals surface area contributed by atoms with Gasteiger partial charge >= 0.3 is 5.97 Å². The molecule has 0 saturated carbocycles. The van der Waals surface area contributed by atoms with Gasteiger partial charge in [-0.05, 0) is 42.2 Å². The van der Waals surface area contributed by atoms with E-state index in [1.165, 1.54) is 11.1 Å². The average molecular weight is 456 g/mol. The number of nitrogens with zero attached hydrogens (tertiary/aromatic N) is 2. The number of rotatable bonds is 3. The van der Waals surface area contributed by atoms with E-state index < -0.39 is 17.9 Å². The predicted molar refractivity (Wildman–Crippen MR) is 113 cm³/mol. The van der Waals surface area contributed by atoms with Crippen molar-refractivity contribution in [3.8, 4) is 0 Å². The van der Waals surface area contributed by atoms with E-state index in [-0.39, 0.29) is 12.5 Å². The summed E-state index contributed by atoms with van der Waals surface area (Å²) in [5, 5.41) is 2.84. The van der Waals surface area contributed by atoms with Crippen molar-refractivity contribution >= 4 is 33.8 Å². The maximum Gasteiger partial charge on any atom is 0.321 e. The molecule has 0 unspecified atom stereocenters. The number of nitrogens with one attached hydrogen (secondary N) is 1. The van der Waals surface area contributed by atoms with Crippen molar-refractivity contribution in [2.24, 2.45) is 10.9 Å². The predicted octanol–water partition coefficient (Wildman–Crippen LogP) is 3.21. The van der Waals surface area contributed by atoms with Gasteiger partial charge in [-0.1, -0.05) is 52.3 Å². The molecule has 0 bridgehead atoms. The van der Waals surface area contributed by atoms with Crippen LogP contribution in [0.25, 0.3) is 0 Å². The summed E-state index contributed by atoms with van der Waals surface area (Å²) in [6, 6.07) is 15.2. The number of carbonyl (C=O) groups excluding carboxylic acids is 2. The first-order valence-electron chi connectivity index (χ1n) is 9.69. The highest BCUT2D eigenvalue weighted by atomic mass is 79.9. The van der Waals surface area contributed by atoms with E-state index in [1.807, 2.05) is 36.4 Å². The van der Waals surface area contributed by atoms with Crippen molar-refractivity contribution in [2.75, 3.05) is 13.2 Å². The van der Waals surface area contributed by atoms with Crippen LogP contribution in [0.1, 0.15) is 29.7 Å². The molecule has 2 aromatic carbocycles. The van der Waals surface area contributed by atoms with Crippen LogP contribution in [0, 0.1) is 5.92 Å². The number of hydrogen-bond acceptors (Lipinski definition) is 5. The molecule has 2 aliphatic heterocycles. The first kappa shape index (κ1) is 19.6. The van der Waals surface area contributed by atoms with Gasteiger partial charge in [0.1, 0.15) is 6.04 Å². The van der Waals surface area contributed by atoms with E-state index in [9.17, 15) is 9.59 Å². The van der Waals surface area contributed by atoms with Crippen LogP contribution in [-0.2, 0) is 27.3 Å². The molecule has 2 atom stereocenters. The highest BCUT2D eigenvalue weighted by molar-refractivity contribution is 9.10. The number of esters is 1. The van der Waals surface area contributed by atoms with Gasteiger partial charge < -0.3 is 9.64 Å². The minimum atomic E-state index is -1.00. The second kappa shape index (κ2) is 8.37. The van der Waals surface area contributed by atoms with E-state index in [1.54, 1.807) is 6.92 Å². The third-order valence-electron chi connectivity index (χ3n) is 5.28. The summed E-state index contributed by atoms with van der Waals surface area (Å²) in [4.78, 5) is 32.3. The molecule has 2 heterocycles. The monoisotopic (exact) mass is 455 g/mol. The molecule has 0 aliphatic carbocycles. The van der Waals surface area contributed by atoms with Gasteiger partial charge in [0.2, 0.25) is 11.9 Å². The molecule has 2 aromatic rings. The fraction of sp³-hybridized carbons (Fsp3) is 0.318. The van der Waals surface area contributed by atoms with Crippen LogP contribution in [-0.4, -0.2) is 35.9 Å². The number of halogens is 1. The van der Waals surface area contributed by atoms with Gasteiger partial charge in [0.05, 0.1) is 6.61 Å². The van der Waals surface area contributed by atoms with Gasteiger partial charge in [-0.25, -0.2) is 4.99 Å². The van der Waals surface area contributed by atoms with Crippen molar-refractivity contribution in [3.05, 3.63) is 69.7 Å². The standard InChI is InChI=1S/C22H22BrN3O3/c1-2-29-21(28)18-19(15-7-9-17(23)10-8-15)24-22(25-20(18)27)26-12-11-14-5-3-4-6-16(14)13-26/h3-10,18-19H,2,11-13H2,1H3,(H,24,25,27)/t18-,19+/m1/s1. The SMILES string of the molecule is CCOC(=O)[C@H]1C(=O)NC(N2CCc3ccccc3C2)=N[C@H]1c1ccc(Br)cc1. The van der Waals surface area contributed by atoms with E-state index in [0.717, 1.165) is 23.0 Å². The van der Waals surface area contributed by atoms with Crippen LogP contribution < -0.4 is 5.32 Å². The fourth-order valence-electron chi connectivity index (χ4n) is 3.80. The molecule has 6 nitrogen and oxygen atoms in total. The molecule has 0 saturated heterocycles. The maximum atomic E-state index is 12.9. The topological polar surface area (TPSA) is 71.0 Å². The lowest BCUT2D eigenvalue weighted by molar-refractivity contribution is -0.153. The minimum absolute atomic E-state index is 0.217. The van der Waals surface area contributed by atoms with Gasteiger partial charge in [-0.15, -0.1) is 0 Å². The third kappa shape index (κ3) is 4.05. The van der Waals surface area contributed by atoms with E-state index in [2.05, 4.69) is 38.3 Å². The fourth-order valence-corrected chi connectivity index (χ4v) is 4.07. The number of carbonyl (C=O) groups is 2. The van der Waals surface area contributed by atoms with E-state index in [0.29, 0.717) is 12.5 Å². The molecule has 0 spiro atoms. The Morgan fingerprint density at radius 2 is 1.93 bits per heavy atom. The summed E-state index contributed by atoms with van der Waals surface area (Å²) >= 11 is 3.43. The lowest BCUT2D eigenvalue weighted by Crippen LogP contribution is -2.53. The number of amides is 1. The number of benzene rings is 2. The Balaban J connectivity index is 1.68. The Hall–Kier alpha value is -2.67. The second-order valence-corrected chi connectivity index (χ2v) is 8.02. The molecule has 0 aromatic heterocycles. The summed E-state index contributed by atoms with van der Waals surface area (Å²) in [6.07, 6.45) is 0.884. The maximum absolute atomic E-state index is 12.9. The van der Waals surface area contributed by atoms with Crippen LogP contribution >= 0.6 is 15.9 Å². The van der Waals surface area contributed by atoms with Crippen molar-refractivity contribution in [1.29, 1.82) is 0 Å². The number of ether oxygens (including phenoxy) is 1. The van der Waals surface area contributed by atoms with Crippen LogP contribution in [0.5, 0.6) is 0 Å². The average Bonchev–Trinajstić information content (AvgIpc) is 2.73. The first-order valence-corrected chi connectivity index (χ1v) is 10.5. The van der Waals surface area contributed by atoms with E-state index >= 15 is 0 Å². The second-order valence-electron chi connectivity index (χ2n) is 7.11. The van der Waals surface area contributed by atoms with Crippen molar-refractivity contribution < 1.29 is 14.3 Å². The zero-order chi connectivity index (χ0) is 20.4. The molecule has 4 rings (SSSR count). The van der Waals surface area contributed by atoms with Crippen LogP contribution in [0.3, 0.4) is 0 Å². The molecule has 1 amide bonds. The zero-order valence-electron chi connectivity index (χ0n) is 16.1. The van der Waals surface area contributed by atoms with Gasteiger partial charge in [-0.2, -0.15) is 0 Å². The highest BCUT2D eigenvalue weighted by Gasteiger charge is 2.42. The highest BCUT2D eigenvalue weighted by Crippen LogP contribution is 2.32. The summed E-state index contributed by atoms with van der Waals surface area (Å²) in [5.41, 5.74) is 3.35. The zero-order valence-corrected chi connectivity index (χ0v) is 17.7. The number of hydrogen-bond donors (Lipinski definition) is 1. The molecular weight excluding hydrogens is 434 g/mol. The first-order chi connectivity index (χ1) is 14.1. The van der Waals surface area contributed by atoms with Crippen molar-refractivity contribution in [2.45, 2.75) is 25.9 Å². The summed E-state index contributed by atoms with van der Waals surface area (Å²) < 4.78 is 6.08. The van der Waals surface area contributed by atoms with Crippen LogP contribution in [0.15, 0.2) is 58.0 Å². The largest absolute Gasteiger partial charge is 0.465 e. The number of aliphatic imine (C=N–C) groups is 1. The Kier molecular flexibility index (Phi) is 5.67. The normalized spacial score (nSPS) is 21.1. The summed E-state index contributed by atoms with van der Waals surface area (Å²) in [6.45, 7) is 3.38. The Labute approximate surface area is 178 Å². The van der Waals surface area contributed by atoms with Gasteiger partial charge in [-0.3, -0.25) is 14.9 Å². The van der Waals surface area contributed by atoms with Crippen LogP contribution in [0.4, 0.5) is 0 Å². The Morgan fingerprint density at radius 3 is 2.66 bits per heavy atom. The minimum Gasteiger partial charge on any atom is -0.465 e. The Bertz CT molecular complexity index is 958. The Morgan fingerprint density at radius 1 is 1.21 bits per heavy atom. The molecule has 150 valence electrons. The summed E-state index contributed by atoms with van der Waals surface area (Å²) in [5.74, 6) is -1.42. The van der Waals surface area contributed by atoms with E-state index in [4.69, 9.17) is 9.73 Å². The lowest BCUT2D eigenvalue weighted by Gasteiger charge is -2.36. The molecule has 0 fully saturated rings. The van der Waals surface area contributed by atoms with Gasteiger partial charge in [0, 0.05) is 17.6 Å². The number of fused-ring (bicyclic) bond motifs is 1. The van der Waals surface area contributed by atoms with Crippen molar-refractivity contribution in [1.82, 2.24) is 10.2 Å². The van der Waals surface area contributed by atoms with Gasteiger partial charge in [0.15, 0.2) is 5.92 Å².